The average molecular weight is 358 g/mol. The number of benzene rings is 2. The molecule has 0 aromatic heterocycles. The molecular weight excluding hydrogens is 343 g/mol. The fourth-order valence-electron chi connectivity index (χ4n) is 1.88. The van der Waals surface area contributed by atoms with Gasteiger partial charge in [-0.05, 0) is 55.5 Å². The van der Waals surface area contributed by atoms with Crippen molar-refractivity contribution in [2.24, 2.45) is 0 Å². The van der Waals surface area contributed by atoms with Gasteiger partial charge in [-0.25, -0.2) is 0 Å². The molecule has 0 amide bonds. The van der Waals surface area contributed by atoms with E-state index in [2.05, 4.69) is 0 Å². The van der Waals surface area contributed by atoms with Gasteiger partial charge in [0.15, 0.2) is 0 Å². The Morgan fingerprint density at radius 3 is 2.23 bits per heavy atom. The standard InChI is InChI=1S/C17H15Cl3O2/c1-3-17(15-9-6-13(19)10-16(15)20)22-11(2)21-14-7-4-12(18)5-8-14/h3-11H,1-2H3. The molecule has 0 aliphatic heterocycles. The van der Waals surface area contributed by atoms with E-state index in [1.807, 2.05) is 26.0 Å². The van der Waals surface area contributed by atoms with Crippen LogP contribution < -0.4 is 4.74 Å². The molecule has 0 fully saturated rings. The van der Waals surface area contributed by atoms with E-state index in [0.29, 0.717) is 26.6 Å². The number of rotatable bonds is 5. The van der Waals surface area contributed by atoms with E-state index in [4.69, 9.17) is 44.3 Å². The summed E-state index contributed by atoms with van der Waals surface area (Å²) in [4.78, 5) is 0. The summed E-state index contributed by atoms with van der Waals surface area (Å²) >= 11 is 18.0. The molecule has 5 heteroatoms. The van der Waals surface area contributed by atoms with Crippen LogP contribution >= 0.6 is 34.8 Å². The Bertz CT molecular complexity index is 666. The van der Waals surface area contributed by atoms with E-state index in [0.717, 1.165) is 5.56 Å². The average Bonchev–Trinajstić information content (AvgIpc) is 2.48. The number of ether oxygens (including phenoxy) is 2. The van der Waals surface area contributed by atoms with E-state index < -0.39 is 6.29 Å². The zero-order chi connectivity index (χ0) is 16.1. The largest absolute Gasteiger partial charge is 0.455 e. The highest BCUT2D eigenvalue weighted by atomic mass is 35.5. The second kappa shape index (κ2) is 7.77. The molecule has 2 aromatic rings. The molecule has 2 aromatic carbocycles. The first kappa shape index (κ1) is 17.0. The van der Waals surface area contributed by atoms with Crippen LogP contribution in [-0.4, -0.2) is 6.29 Å². The van der Waals surface area contributed by atoms with Gasteiger partial charge in [0, 0.05) is 22.5 Å². The van der Waals surface area contributed by atoms with Crippen LogP contribution in [-0.2, 0) is 4.74 Å². The molecule has 2 nitrogen and oxygen atoms in total. The van der Waals surface area contributed by atoms with Gasteiger partial charge in [0.2, 0.25) is 6.29 Å². The van der Waals surface area contributed by atoms with Crippen molar-refractivity contribution in [1.82, 2.24) is 0 Å². The first-order chi connectivity index (χ1) is 10.5. The summed E-state index contributed by atoms with van der Waals surface area (Å²) in [5.74, 6) is 1.30. The molecule has 116 valence electrons. The lowest BCUT2D eigenvalue weighted by molar-refractivity contribution is -0.000435. The fraction of sp³-hybridized carbons (Fsp3) is 0.176. The van der Waals surface area contributed by atoms with Crippen molar-refractivity contribution in [2.45, 2.75) is 20.1 Å². The van der Waals surface area contributed by atoms with Crippen LogP contribution in [0.2, 0.25) is 15.1 Å². The lowest BCUT2D eigenvalue weighted by Gasteiger charge is -2.19. The molecule has 0 aliphatic carbocycles. The molecule has 0 N–H and O–H groups in total. The molecule has 0 aliphatic rings. The van der Waals surface area contributed by atoms with Gasteiger partial charge in [-0.2, -0.15) is 0 Å². The second-order valence-corrected chi connectivity index (χ2v) is 5.81. The van der Waals surface area contributed by atoms with Crippen molar-refractivity contribution in [3.8, 4) is 5.75 Å². The van der Waals surface area contributed by atoms with E-state index >= 15 is 0 Å². The van der Waals surface area contributed by atoms with Gasteiger partial charge in [0.05, 0.1) is 5.02 Å². The summed E-state index contributed by atoms with van der Waals surface area (Å²) in [7, 11) is 0. The maximum absolute atomic E-state index is 6.20. The van der Waals surface area contributed by atoms with Crippen LogP contribution in [0, 0.1) is 0 Å². The third-order valence-electron chi connectivity index (χ3n) is 2.87. The summed E-state index contributed by atoms with van der Waals surface area (Å²) in [6.07, 6.45) is 1.34. The Morgan fingerprint density at radius 1 is 1.00 bits per heavy atom. The van der Waals surface area contributed by atoms with E-state index in [-0.39, 0.29) is 0 Å². The van der Waals surface area contributed by atoms with Crippen LogP contribution in [0.3, 0.4) is 0 Å². The topological polar surface area (TPSA) is 18.5 Å². The molecule has 0 bridgehead atoms. The smallest absolute Gasteiger partial charge is 0.238 e. The normalized spacial score (nSPS) is 12.9. The lowest BCUT2D eigenvalue weighted by Crippen LogP contribution is -2.15. The van der Waals surface area contributed by atoms with Gasteiger partial charge >= 0.3 is 0 Å². The van der Waals surface area contributed by atoms with Gasteiger partial charge in [-0.3, -0.25) is 0 Å². The van der Waals surface area contributed by atoms with Crippen LogP contribution in [0.15, 0.2) is 48.5 Å². The Kier molecular flexibility index (Phi) is 6.01. The third-order valence-corrected chi connectivity index (χ3v) is 3.67. The van der Waals surface area contributed by atoms with Crippen molar-refractivity contribution < 1.29 is 9.47 Å². The van der Waals surface area contributed by atoms with E-state index in [1.165, 1.54) is 0 Å². The van der Waals surface area contributed by atoms with Gasteiger partial charge in [0.25, 0.3) is 0 Å². The minimum absolute atomic E-state index is 0.487. The molecule has 0 saturated heterocycles. The van der Waals surface area contributed by atoms with Gasteiger partial charge in [0.1, 0.15) is 11.5 Å². The maximum Gasteiger partial charge on any atom is 0.238 e. The highest BCUT2D eigenvalue weighted by molar-refractivity contribution is 6.35. The maximum atomic E-state index is 6.20. The number of hydrogen-bond acceptors (Lipinski definition) is 2. The zero-order valence-corrected chi connectivity index (χ0v) is 14.4. The highest BCUT2D eigenvalue weighted by Gasteiger charge is 2.12. The Hall–Kier alpha value is -1.35. The summed E-state index contributed by atoms with van der Waals surface area (Å²) in [6, 6.07) is 12.3. The predicted molar refractivity (Wildman–Crippen MR) is 92.7 cm³/mol. The summed E-state index contributed by atoms with van der Waals surface area (Å²) in [5.41, 5.74) is 0.764. The van der Waals surface area contributed by atoms with Crippen molar-refractivity contribution >= 4 is 40.6 Å². The van der Waals surface area contributed by atoms with Gasteiger partial charge in [-0.1, -0.05) is 34.8 Å². The van der Waals surface area contributed by atoms with Crippen LogP contribution in [0.1, 0.15) is 19.4 Å². The van der Waals surface area contributed by atoms with Gasteiger partial charge in [-0.15, -0.1) is 0 Å². The molecule has 1 unspecified atom stereocenters. The van der Waals surface area contributed by atoms with Crippen LogP contribution in [0.4, 0.5) is 0 Å². The van der Waals surface area contributed by atoms with Crippen LogP contribution in [0.25, 0.3) is 5.76 Å². The summed E-state index contributed by atoms with van der Waals surface area (Å²) < 4.78 is 11.5. The van der Waals surface area contributed by atoms with Crippen molar-refractivity contribution in [3.63, 3.8) is 0 Å². The molecular formula is C17H15Cl3O2. The molecule has 0 spiro atoms. The summed E-state index contributed by atoms with van der Waals surface area (Å²) in [5, 5.41) is 1.76. The predicted octanol–water partition coefficient (Wildman–Crippen LogP) is 6.45. The third kappa shape index (κ3) is 4.57. The first-order valence-electron chi connectivity index (χ1n) is 6.70. The molecule has 22 heavy (non-hydrogen) atoms. The van der Waals surface area contributed by atoms with Crippen molar-refractivity contribution in [2.75, 3.05) is 0 Å². The van der Waals surface area contributed by atoms with E-state index in [9.17, 15) is 0 Å². The van der Waals surface area contributed by atoms with Crippen LogP contribution in [0.5, 0.6) is 5.75 Å². The Labute approximate surface area is 145 Å². The lowest BCUT2D eigenvalue weighted by atomic mass is 10.2. The molecule has 0 heterocycles. The Morgan fingerprint density at radius 2 is 1.64 bits per heavy atom. The number of halogens is 3. The molecule has 1 atom stereocenters. The molecule has 0 radical (unpaired) electrons. The molecule has 0 saturated carbocycles. The Balaban J connectivity index is 2.08. The SMILES string of the molecule is CC=C(OC(C)Oc1ccc(Cl)cc1)c1ccc(Cl)cc1Cl. The van der Waals surface area contributed by atoms with Gasteiger partial charge < -0.3 is 9.47 Å². The number of hydrogen-bond donors (Lipinski definition) is 0. The van der Waals surface area contributed by atoms with E-state index in [1.54, 1.807) is 36.4 Å². The zero-order valence-electron chi connectivity index (χ0n) is 12.1. The first-order valence-corrected chi connectivity index (χ1v) is 7.83. The monoisotopic (exact) mass is 356 g/mol. The quantitative estimate of drug-likeness (QED) is 0.452. The highest BCUT2D eigenvalue weighted by Crippen LogP contribution is 2.29. The minimum atomic E-state index is -0.487. The fourth-order valence-corrected chi connectivity index (χ4v) is 2.51. The second-order valence-electron chi connectivity index (χ2n) is 4.53. The van der Waals surface area contributed by atoms with Crippen molar-refractivity contribution in [1.29, 1.82) is 0 Å². The summed E-state index contributed by atoms with van der Waals surface area (Å²) in [6.45, 7) is 3.68. The molecule has 2 rings (SSSR count). The minimum Gasteiger partial charge on any atom is -0.455 e. The number of allylic oxidation sites excluding steroid dienone is 1. The van der Waals surface area contributed by atoms with Crippen molar-refractivity contribution in [3.05, 3.63) is 69.2 Å².